The number of methoxy groups -OCH3 is 1. The van der Waals surface area contributed by atoms with Crippen LogP contribution in [0.5, 0.6) is 5.75 Å². The molecule has 1 N–H and O–H groups in total. The van der Waals surface area contributed by atoms with Gasteiger partial charge in [-0.05, 0) is 56.1 Å². The Kier molecular flexibility index (Phi) is 5.34. The minimum absolute atomic E-state index is 0.767. The molecule has 0 amide bonds. The Morgan fingerprint density at radius 3 is 2.57 bits per heavy atom. The van der Waals surface area contributed by atoms with E-state index in [0.29, 0.717) is 0 Å². The SMILES string of the molecule is CNCc1cc(-c2ccc(OC)cc2)n(CC2CCCCC2)n1. The topological polar surface area (TPSA) is 39.1 Å². The lowest BCUT2D eigenvalue weighted by Gasteiger charge is -2.22. The maximum atomic E-state index is 5.27. The molecule has 0 saturated heterocycles. The summed E-state index contributed by atoms with van der Waals surface area (Å²) in [5.74, 6) is 1.66. The number of benzene rings is 1. The minimum Gasteiger partial charge on any atom is -0.497 e. The van der Waals surface area contributed by atoms with Crippen LogP contribution in [0.3, 0.4) is 0 Å². The fraction of sp³-hybridized carbons (Fsp3) is 0.526. The highest BCUT2D eigenvalue weighted by Crippen LogP contribution is 2.28. The van der Waals surface area contributed by atoms with E-state index in [4.69, 9.17) is 9.84 Å². The summed E-state index contributed by atoms with van der Waals surface area (Å²) >= 11 is 0. The van der Waals surface area contributed by atoms with Crippen molar-refractivity contribution in [1.82, 2.24) is 15.1 Å². The molecule has 0 atom stereocenters. The van der Waals surface area contributed by atoms with E-state index in [1.165, 1.54) is 43.4 Å². The molecule has 0 radical (unpaired) electrons. The molecule has 1 aliphatic carbocycles. The summed E-state index contributed by atoms with van der Waals surface area (Å²) in [7, 11) is 3.67. The fourth-order valence-corrected chi connectivity index (χ4v) is 3.49. The molecule has 4 nitrogen and oxygen atoms in total. The van der Waals surface area contributed by atoms with Crippen molar-refractivity contribution >= 4 is 0 Å². The van der Waals surface area contributed by atoms with E-state index in [1.807, 2.05) is 19.2 Å². The number of ether oxygens (including phenoxy) is 1. The summed E-state index contributed by atoms with van der Waals surface area (Å²) in [6.45, 7) is 1.84. The van der Waals surface area contributed by atoms with Gasteiger partial charge >= 0.3 is 0 Å². The van der Waals surface area contributed by atoms with Gasteiger partial charge in [0.05, 0.1) is 18.5 Å². The van der Waals surface area contributed by atoms with Crippen molar-refractivity contribution in [2.75, 3.05) is 14.2 Å². The number of rotatable bonds is 6. The Labute approximate surface area is 138 Å². The molecule has 0 bridgehead atoms. The molecule has 0 spiro atoms. The van der Waals surface area contributed by atoms with Gasteiger partial charge in [-0.15, -0.1) is 0 Å². The molecule has 3 rings (SSSR count). The lowest BCUT2D eigenvalue weighted by atomic mass is 9.89. The van der Waals surface area contributed by atoms with E-state index in [2.05, 4.69) is 28.2 Å². The summed E-state index contributed by atoms with van der Waals surface area (Å²) in [5, 5.41) is 8.04. The third-order valence-corrected chi connectivity index (χ3v) is 4.73. The zero-order valence-corrected chi connectivity index (χ0v) is 14.2. The van der Waals surface area contributed by atoms with Crippen molar-refractivity contribution in [2.45, 2.75) is 45.2 Å². The van der Waals surface area contributed by atoms with Crippen LogP contribution in [0.2, 0.25) is 0 Å². The third-order valence-electron chi connectivity index (χ3n) is 4.73. The van der Waals surface area contributed by atoms with Gasteiger partial charge in [-0.25, -0.2) is 0 Å². The summed E-state index contributed by atoms with van der Waals surface area (Å²) in [6, 6.07) is 10.5. The van der Waals surface area contributed by atoms with Crippen LogP contribution in [0.1, 0.15) is 37.8 Å². The van der Waals surface area contributed by atoms with E-state index < -0.39 is 0 Å². The van der Waals surface area contributed by atoms with Gasteiger partial charge in [0.25, 0.3) is 0 Å². The maximum Gasteiger partial charge on any atom is 0.118 e. The van der Waals surface area contributed by atoms with Crippen molar-refractivity contribution in [1.29, 1.82) is 0 Å². The molecular formula is C19H27N3O. The van der Waals surface area contributed by atoms with Crippen molar-refractivity contribution < 1.29 is 4.74 Å². The second-order valence-electron chi connectivity index (χ2n) is 6.47. The predicted octanol–water partition coefficient (Wildman–Crippen LogP) is 3.86. The smallest absolute Gasteiger partial charge is 0.118 e. The zero-order valence-electron chi connectivity index (χ0n) is 14.2. The normalized spacial score (nSPS) is 15.7. The third kappa shape index (κ3) is 3.94. The van der Waals surface area contributed by atoms with Gasteiger partial charge < -0.3 is 10.1 Å². The summed E-state index contributed by atoms with van der Waals surface area (Å²) < 4.78 is 7.48. The first-order valence-corrected chi connectivity index (χ1v) is 8.66. The maximum absolute atomic E-state index is 5.27. The van der Waals surface area contributed by atoms with Gasteiger partial charge in [0.2, 0.25) is 0 Å². The van der Waals surface area contributed by atoms with E-state index in [-0.39, 0.29) is 0 Å². The Hall–Kier alpha value is -1.81. The standard InChI is InChI=1S/C19H27N3O/c1-20-13-17-12-19(16-8-10-18(23-2)11-9-16)22(21-17)14-15-6-4-3-5-7-15/h8-12,15,20H,3-7,13-14H2,1-2H3. The Bertz CT molecular complexity index is 612. The van der Waals surface area contributed by atoms with E-state index in [9.17, 15) is 0 Å². The summed E-state index contributed by atoms with van der Waals surface area (Å²) in [5.41, 5.74) is 3.52. The van der Waals surface area contributed by atoms with Gasteiger partial charge in [0.1, 0.15) is 5.75 Å². The lowest BCUT2D eigenvalue weighted by molar-refractivity contribution is 0.309. The summed E-state index contributed by atoms with van der Waals surface area (Å²) in [6.07, 6.45) is 6.80. The average Bonchev–Trinajstić information content (AvgIpc) is 2.99. The van der Waals surface area contributed by atoms with Gasteiger partial charge in [-0.3, -0.25) is 4.68 Å². The van der Waals surface area contributed by atoms with Gasteiger partial charge in [-0.1, -0.05) is 19.3 Å². The first-order valence-electron chi connectivity index (χ1n) is 8.66. The number of aromatic nitrogens is 2. The molecule has 1 aliphatic rings. The van der Waals surface area contributed by atoms with Crippen LogP contribution in [0.4, 0.5) is 0 Å². The van der Waals surface area contributed by atoms with Crippen LogP contribution in [0.15, 0.2) is 30.3 Å². The molecule has 0 aliphatic heterocycles. The van der Waals surface area contributed by atoms with Crippen LogP contribution in [0, 0.1) is 5.92 Å². The number of hydrogen-bond acceptors (Lipinski definition) is 3. The molecule has 1 heterocycles. The average molecular weight is 313 g/mol. The molecule has 1 saturated carbocycles. The minimum atomic E-state index is 0.767. The van der Waals surface area contributed by atoms with Gasteiger partial charge in [-0.2, -0.15) is 5.10 Å². The number of nitrogens with one attached hydrogen (secondary N) is 1. The van der Waals surface area contributed by atoms with Gasteiger partial charge in [0.15, 0.2) is 0 Å². The van der Waals surface area contributed by atoms with E-state index >= 15 is 0 Å². The van der Waals surface area contributed by atoms with Crippen molar-refractivity contribution in [3.05, 3.63) is 36.0 Å². The highest BCUT2D eigenvalue weighted by atomic mass is 16.5. The molecule has 1 fully saturated rings. The first-order chi connectivity index (χ1) is 11.3. The zero-order chi connectivity index (χ0) is 16.1. The number of nitrogens with zero attached hydrogens (tertiary/aromatic N) is 2. The van der Waals surface area contributed by atoms with E-state index in [1.54, 1.807) is 7.11 Å². The highest BCUT2D eigenvalue weighted by molar-refractivity contribution is 5.61. The van der Waals surface area contributed by atoms with Crippen molar-refractivity contribution in [2.24, 2.45) is 5.92 Å². The monoisotopic (exact) mass is 313 g/mol. The van der Waals surface area contributed by atoms with Gasteiger partial charge in [0, 0.05) is 18.7 Å². The van der Waals surface area contributed by atoms with Crippen LogP contribution in [0.25, 0.3) is 11.3 Å². The highest BCUT2D eigenvalue weighted by Gasteiger charge is 2.17. The van der Waals surface area contributed by atoms with E-state index in [0.717, 1.165) is 30.5 Å². The van der Waals surface area contributed by atoms with Crippen molar-refractivity contribution in [3.8, 4) is 17.0 Å². The Balaban J connectivity index is 1.86. The molecule has 23 heavy (non-hydrogen) atoms. The molecule has 4 heteroatoms. The van der Waals surface area contributed by atoms with Crippen LogP contribution < -0.4 is 10.1 Å². The molecule has 2 aromatic rings. The van der Waals surface area contributed by atoms with Crippen LogP contribution >= 0.6 is 0 Å². The van der Waals surface area contributed by atoms with Crippen molar-refractivity contribution in [3.63, 3.8) is 0 Å². The predicted molar refractivity (Wildman–Crippen MR) is 93.6 cm³/mol. The summed E-state index contributed by atoms with van der Waals surface area (Å²) in [4.78, 5) is 0. The first kappa shape index (κ1) is 16.1. The largest absolute Gasteiger partial charge is 0.497 e. The lowest BCUT2D eigenvalue weighted by Crippen LogP contribution is -2.16. The number of hydrogen-bond donors (Lipinski definition) is 1. The molecule has 0 unspecified atom stereocenters. The molecular weight excluding hydrogens is 286 g/mol. The van der Waals surface area contributed by atoms with Crippen LogP contribution in [-0.4, -0.2) is 23.9 Å². The quantitative estimate of drug-likeness (QED) is 0.880. The Morgan fingerprint density at radius 2 is 1.91 bits per heavy atom. The molecule has 1 aromatic carbocycles. The second-order valence-corrected chi connectivity index (χ2v) is 6.47. The fourth-order valence-electron chi connectivity index (χ4n) is 3.49. The van der Waals surface area contributed by atoms with Crippen LogP contribution in [-0.2, 0) is 13.1 Å². The molecule has 124 valence electrons. The Morgan fingerprint density at radius 1 is 1.17 bits per heavy atom. The second kappa shape index (κ2) is 7.64. The molecule has 1 aromatic heterocycles.